The summed E-state index contributed by atoms with van der Waals surface area (Å²) < 4.78 is 62.2. The molecule has 21 heavy (non-hydrogen) atoms. The molecule has 1 rings (SSSR count). The van der Waals surface area contributed by atoms with Crippen molar-refractivity contribution in [1.82, 2.24) is 13.9 Å². The van der Waals surface area contributed by atoms with Crippen LogP contribution in [0, 0.1) is 5.41 Å². The zero-order valence-corrected chi connectivity index (χ0v) is 12.7. The van der Waals surface area contributed by atoms with E-state index in [9.17, 15) is 21.6 Å². The first-order valence-electron chi connectivity index (χ1n) is 6.27. The molecule has 11 heteroatoms. The van der Waals surface area contributed by atoms with Gasteiger partial charge in [0.05, 0.1) is 5.54 Å². The van der Waals surface area contributed by atoms with Crippen molar-refractivity contribution < 1.29 is 21.6 Å². The van der Waals surface area contributed by atoms with Crippen LogP contribution in [0.4, 0.5) is 13.2 Å². The molecule has 0 radical (unpaired) electrons. The Morgan fingerprint density at radius 1 is 1.24 bits per heavy atom. The van der Waals surface area contributed by atoms with Crippen molar-refractivity contribution in [1.29, 1.82) is 5.41 Å². The second-order valence-corrected chi connectivity index (χ2v) is 7.06. The lowest BCUT2D eigenvalue weighted by atomic mass is 10.0. The van der Waals surface area contributed by atoms with Crippen molar-refractivity contribution in [3.05, 3.63) is 0 Å². The van der Waals surface area contributed by atoms with Gasteiger partial charge in [0.15, 0.2) is 0 Å². The summed E-state index contributed by atoms with van der Waals surface area (Å²) in [4.78, 5) is 1.82. The SMILES string of the molecule is CC(C)(C(=N)N)N1CCN(S(=O)(=O)NCC(F)(F)F)CC1. The number of alkyl halides is 3. The van der Waals surface area contributed by atoms with Gasteiger partial charge in [-0.15, -0.1) is 0 Å². The third-order valence-corrected chi connectivity index (χ3v) is 5.04. The second-order valence-electron chi connectivity index (χ2n) is 5.30. The van der Waals surface area contributed by atoms with E-state index in [4.69, 9.17) is 11.1 Å². The zero-order valence-electron chi connectivity index (χ0n) is 11.9. The van der Waals surface area contributed by atoms with E-state index in [2.05, 4.69) is 0 Å². The van der Waals surface area contributed by atoms with E-state index in [1.54, 1.807) is 13.8 Å². The van der Waals surface area contributed by atoms with Gasteiger partial charge in [-0.25, -0.2) is 0 Å². The van der Waals surface area contributed by atoms with Crippen LogP contribution in [0.1, 0.15) is 13.8 Å². The topological polar surface area (TPSA) is 103 Å². The molecule has 0 aromatic heterocycles. The average molecular weight is 331 g/mol. The molecule has 1 aliphatic heterocycles. The first-order chi connectivity index (χ1) is 9.36. The minimum Gasteiger partial charge on any atom is -0.386 e. The third-order valence-electron chi connectivity index (χ3n) is 3.48. The minimum absolute atomic E-state index is 0.0455. The number of hydrogen-bond donors (Lipinski definition) is 3. The lowest BCUT2D eigenvalue weighted by Gasteiger charge is -2.42. The molecule has 1 aliphatic rings. The maximum atomic E-state index is 12.1. The monoisotopic (exact) mass is 331 g/mol. The molecule has 0 amide bonds. The van der Waals surface area contributed by atoms with Crippen molar-refractivity contribution in [3.8, 4) is 0 Å². The molecular weight excluding hydrogens is 311 g/mol. The molecule has 124 valence electrons. The van der Waals surface area contributed by atoms with Crippen molar-refractivity contribution in [2.75, 3.05) is 32.7 Å². The molecule has 0 bridgehead atoms. The third kappa shape index (κ3) is 4.80. The summed E-state index contributed by atoms with van der Waals surface area (Å²) in [6.07, 6.45) is -4.59. The van der Waals surface area contributed by atoms with Crippen LogP contribution >= 0.6 is 0 Å². The minimum atomic E-state index is -4.59. The van der Waals surface area contributed by atoms with Crippen LogP contribution in [0.25, 0.3) is 0 Å². The summed E-state index contributed by atoms with van der Waals surface area (Å²) in [5, 5.41) is 7.51. The summed E-state index contributed by atoms with van der Waals surface area (Å²) in [7, 11) is -4.15. The van der Waals surface area contributed by atoms with Crippen molar-refractivity contribution in [3.63, 3.8) is 0 Å². The largest absolute Gasteiger partial charge is 0.402 e. The van der Waals surface area contributed by atoms with Crippen LogP contribution < -0.4 is 10.5 Å². The summed E-state index contributed by atoms with van der Waals surface area (Å²) in [6, 6.07) is 0. The smallest absolute Gasteiger partial charge is 0.386 e. The van der Waals surface area contributed by atoms with Gasteiger partial charge in [-0.1, -0.05) is 0 Å². The van der Waals surface area contributed by atoms with Gasteiger partial charge in [0.25, 0.3) is 10.2 Å². The molecule has 0 spiro atoms. The highest BCUT2D eigenvalue weighted by Crippen LogP contribution is 2.18. The predicted octanol–water partition coefficient (Wildman–Crippen LogP) is -0.285. The maximum absolute atomic E-state index is 12.1. The first-order valence-corrected chi connectivity index (χ1v) is 7.71. The van der Waals surface area contributed by atoms with Crippen molar-refractivity contribution in [2.45, 2.75) is 25.6 Å². The Morgan fingerprint density at radius 2 is 1.71 bits per heavy atom. The van der Waals surface area contributed by atoms with Crippen LogP contribution in [0.3, 0.4) is 0 Å². The first kappa shape index (κ1) is 18.1. The maximum Gasteiger partial charge on any atom is 0.402 e. The lowest BCUT2D eigenvalue weighted by Crippen LogP contribution is -2.61. The summed E-state index contributed by atoms with van der Waals surface area (Å²) in [5.74, 6) is -0.0472. The highest BCUT2D eigenvalue weighted by atomic mass is 32.2. The molecule has 0 aromatic rings. The average Bonchev–Trinajstić information content (AvgIpc) is 2.36. The van der Waals surface area contributed by atoms with E-state index in [0.29, 0.717) is 13.1 Å². The van der Waals surface area contributed by atoms with Gasteiger partial charge in [-0.3, -0.25) is 10.3 Å². The standard InChI is InChI=1S/C10H20F3N5O2S/c1-9(2,8(14)15)17-3-5-18(6-4-17)21(19,20)16-7-10(11,12)13/h16H,3-7H2,1-2H3,(H3,14,15). The molecule has 0 aromatic carbocycles. The van der Waals surface area contributed by atoms with Gasteiger partial charge < -0.3 is 5.73 Å². The van der Waals surface area contributed by atoms with E-state index in [1.165, 1.54) is 4.72 Å². The molecule has 0 unspecified atom stereocenters. The van der Waals surface area contributed by atoms with Crippen molar-refractivity contribution >= 4 is 16.0 Å². The highest BCUT2D eigenvalue weighted by Gasteiger charge is 2.37. The van der Waals surface area contributed by atoms with E-state index < -0.39 is 28.5 Å². The van der Waals surface area contributed by atoms with E-state index in [1.807, 2.05) is 4.90 Å². The zero-order chi connectivity index (χ0) is 16.5. The van der Waals surface area contributed by atoms with Crippen molar-refractivity contribution in [2.24, 2.45) is 5.73 Å². The number of nitrogens with zero attached hydrogens (tertiary/aromatic N) is 2. The molecule has 4 N–H and O–H groups in total. The Balaban J connectivity index is 2.62. The number of halogens is 3. The van der Waals surface area contributed by atoms with E-state index >= 15 is 0 Å². The molecular formula is C10H20F3N5O2S. The Hall–Kier alpha value is -0.910. The molecule has 0 atom stereocenters. The number of rotatable bonds is 5. The molecule has 1 heterocycles. The summed E-state index contributed by atoms with van der Waals surface area (Å²) in [6.45, 7) is 2.56. The normalized spacial score (nSPS) is 19.7. The number of nitrogens with one attached hydrogen (secondary N) is 2. The van der Waals surface area contributed by atoms with Crippen LogP contribution in [0.2, 0.25) is 0 Å². The highest BCUT2D eigenvalue weighted by molar-refractivity contribution is 7.87. The van der Waals surface area contributed by atoms with Crippen LogP contribution in [-0.4, -0.2) is 67.9 Å². The van der Waals surface area contributed by atoms with Crippen LogP contribution in [-0.2, 0) is 10.2 Å². The molecule has 1 fully saturated rings. The number of piperazine rings is 1. The second kappa shape index (κ2) is 6.07. The van der Waals surface area contributed by atoms with Crippen LogP contribution in [0.5, 0.6) is 0 Å². The van der Waals surface area contributed by atoms with Gasteiger partial charge >= 0.3 is 6.18 Å². The number of nitrogens with two attached hydrogens (primary N) is 1. The fourth-order valence-electron chi connectivity index (χ4n) is 1.92. The Kier molecular flexibility index (Phi) is 5.24. The quantitative estimate of drug-likeness (QED) is 0.476. The predicted molar refractivity (Wildman–Crippen MR) is 72.1 cm³/mol. The van der Waals surface area contributed by atoms with E-state index in [0.717, 1.165) is 4.31 Å². The number of amidine groups is 1. The number of hydrogen-bond acceptors (Lipinski definition) is 4. The van der Waals surface area contributed by atoms with Crippen LogP contribution in [0.15, 0.2) is 0 Å². The molecule has 0 aliphatic carbocycles. The molecule has 1 saturated heterocycles. The fourth-order valence-corrected chi connectivity index (χ4v) is 3.09. The molecule has 0 saturated carbocycles. The molecule has 7 nitrogen and oxygen atoms in total. The van der Waals surface area contributed by atoms with Gasteiger partial charge in [0.1, 0.15) is 12.4 Å². The summed E-state index contributed by atoms with van der Waals surface area (Å²) in [5.41, 5.74) is 4.78. The summed E-state index contributed by atoms with van der Waals surface area (Å²) >= 11 is 0. The van der Waals surface area contributed by atoms with E-state index in [-0.39, 0.29) is 18.9 Å². The Morgan fingerprint density at radius 3 is 2.10 bits per heavy atom. The Labute approximate surface area is 122 Å². The fraction of sp³-hybridized carbons (Fsp3) is 0.900. The van der Waals surface area contributed by atoms with Gasteiger partial charge in [0.2, 0.25) is 0 Å². The van der Waals surface area contributed by atoms with Gasteiger partial charge in [-0.2, -0.15) is 30.6 Å². The lowest BCUT2D eigenvalue weighted by molar-refractivity contribution is -0.121. The van der Waals surface area contributed by atoms with Gasteiger partial charge in [-0.05, 0) is 13.8 Å². The Bertz CT molecular complexity index is 483. The van der Waals surface area contributed by atoms with Gasteiger partial charge in [0, 0.05) is 26.2 Å².